The average molecular weight is 248 g/mol. The topological polar surface area (TPSA) is 56.0 Å². The summed E-state index contributed by atoms with van der Waals surface area (Å²) in [5.41, 5.74) is 2.58. The molecule has 0 saturated heterocycles. The average Bonchev–Trinajstić information content (AvgIpc) is 2.45. The first-order valence-corrected chi connectivity index (χ1v) is 5.89. The summed E-state index contributed by atoms with van der Waals surface area (Å²) < 4.78 is 5.41. The Hall–Kier alpha value is -2.75. The van der Waals surface area contributed by atoms with E-state index in [1.807, 2.05) is 24.3 Å². The van der Waals surface area contributed by atoms with Crippen molar-refractivity contribution in [3.05, 3.63) is 59.1 Å². The van der Waals surface area contributed by atoms with Crippen LogP contribution in [0.2, 0.25) is 0 Å². The van der Waals surface area contributed by atoms with Crippen LogP contribution in [0.3, 0.4) is 0 Å². The summed E-state index contributed by atoms with van der Waals surface area (Å²) >= 11 is 0. The van der Waals surface area contributed by atoms with Crippen LogP contribution in [0.5, 0.6) is 0 Å². The Morgan fingerprint density at radius 2 is 1.68 bits per heavy atom. The number of fused-ring (bicyclic) bond motifs is 4. The van der Waals surface area contributed by atoms with Gasteiger partial charge in [-0.2, -0.15) is 0 Å². The Morgan fingerprint density at radius 1 is 0.895 bits per heavy atom. The molecular formula is C15H8N2O2. The third-order valence-electron chi connectivity index (χ3n) is 3.14. The first-order valence-electron chi connectivity index (χ1n) is 5.89. The second-order valence-electron chi connectivity index (χ2n) is 4.34. The molecule has 0 N–H and O–H groups in total. The fourth-order valence-electron chi connectivity index (χ4n) is 2.25. The molecule has 0 aliphatic heterocycles. The first kappa shape index (κ1) is 10.2. The maximum absolute atomic E-state index is 11.4. The van der Waals surface area contributed by atoms with Crippen LogP contribution < -0.4 is 5.56 Å². The molecule has 3 heterocycles. The van der Waals surface area contributed by atoms with Gasteiger partial charge in [0.1, 0.15) is 11.0 Å². The lowest BCUT2D eigenvalue weighted by atomic mass is 10.1. The van der Waals surface area contributed by atoms with Crippen molar-refractivity contribution in [3.8, 4) is 0 Å². The monoisotopic (exact) mass is 248 g/mol. The van der Waals surface area contributed by atoms with Crippen molar-refractivity contribution in [3.63, 3.8) is 0 Å². The highest BCUT2D eigenvalue weighted by Gasteiger charge is 2.06. The molecule has 4 nitrogen and oxygen atoms in total. The van der Waals surface area contributed by atoms with Crippen LogP contribution in [0.1, 0.15) is 0 Å². The molecule has 0 aliphatic carbocycles. The number of aromatic nitrogens is 2. The van der Waals surface area contributed by atoms with Crippen molar-refractivity contribution in [1.82, 2.24) is 9.97 Å². The molecule has 3 aromatic heterocycles. The highest BCUT2D eigenvalue weighted by Crippen LogP contribution is 2.24. The van der Waals surface area contributed by atoms with Crippen LogP contribution in [0.15, 0.2) is 57.9 Å². The highest BCUT2D eigenvalue weighted by molar-refractivity contribution is 6.05. The minimum atomic E-state index is -0.250. The number of nitrogens with zero attached hydrogens (tertiary/aromatic N) is 2. The molecule has 0 radical (unpaired) electrons. The number of pyridine rings is 2. The van der Waals surface area contributed by atoms with Crippen molar-refractivity contribution >= 4 is 32.9 Å². The van der Waals surface area contributed by atoms with Gasteiger partial charge in [0.05, 0.1) is 11.8 Å². The van der Waals surface area contributed by atoms with Crippen molar-refractivity contribution in [1.29, 1.82) is 0 Å². The van der Waals surface area contributed by atoms with E-state index in [1.54, 1.807) is 18.4 Å². The van der Waals surface area contributed by atoms with Crippen LogP contribution in [0.4, 0.5) is 0 Å². The van der Waals surface area contributed by atoms with Gasteiger partial charge in [-0.05, 0) is 24.3 Å². The lowest BCUT2D eigenvalue weighted by Crippen LogP contribution is -2.03. The van der Waals surface area contributed by atoms with Crippen LogP contribution in [0.25, 0.3) is 32.9 Å². The molecule has 0 aliphatic rings. The first-order chi connectivity index (χ1) is 9.31. The van der Waals surface area contributed by atoms with Crippen LogP contribution >= 0.6 is 0 Å². The summed E-state index contributed by atoms with van der Waals surface area (Å²) in [6, 6.07) is 12.7. The van der Waals surface area contributed by atoms with Crippen LogP contribution in [0, 0.1) is 0 Å². The van der Waals surface area contributed by atoms with E-state index in [4.69, 9.17) is 4.42 Å². The van der Waals surface area contributed by atoms with E-state index in [1.165, 1.54) is 6.07 Å². The minimum Gasteiger partial charge on any atom is -0.463 e. The molecule has 0 bridgehead atoms. The van der Waals surface area contributed by atoms with Gasteiger partial charge in [-0.1, -0.05) is 12.1 Å². The van der Waals surface area contributed by atoms with E-state index >= 15 is 0 Å². The molecule has 0 fully saturated rings. The van der Waals surface area contributed by atoms with E-state index in [0.29, 0.717) is 11.1 Å². The number of benzene rings is 1. The van der Waals surface area contributed by atoms with Gasteiger partial charge in [0.15, 0.2) is 5.58 Å². The van der Waals surface area contributed by atoms with Gasteiger partial charge in [-0.15, -0.1) is 0 Å². The van der Waals surface area contributed by atoms with Crippen molar-refractivity contribution in [2.45, 2.75) is 0 Å². The van der Waals surface area contributed by atoms with E-state index in [9.17, 15) is 4.79 Å². The molecule has 1 aromatic carbocycles. The summed E-state index contributed by atoms with van der Waals surface area (Å²) in [6.07, 6.45) is 1.62. The summed E-state index contributed by atoms with van der Waals surface area (Å²) in [4.78, 5) is 20.0. The third kappa shape index (κ3) is 1.50. The zero-order valence-electron chi connectivity index (χ0n) is 9.83. The Bertz CT molecular complexity index is 989. The van der Waals surface area contributed by atoms with E-state index < -0.39 is 0 Å². The zero-order valence-corrected chi connectivity index (χ0v) is 9.83. The second-order valence-corrected chi connectivity index (χ2v) is 4.34. The Kier molecular flexibility index (Phi) is 1.94. The third-order valence-corrected chi connectivity index (χ3v) is 3.14. The predicted molar refractivity (Wildman–Crippen MR) is 73.1 cm³/mol. The van der Waals surface area contributed by atoms with E-state index in [2.05, 4.69) is 9.97 Å². The summed E-state index contributed by atoms with van der Waals surface area (Å²) in [5, 5.41) is 1.82. The summed E-state index contributed by atoms with van der Waals surface area (Å²) in [5.74, 6) is 0. The molecule has 19 heavy (non-hydrogen) atoms. The summed E-state index contributed by atoms with van der Waals surface area (Å²) in [6.45, 7) is 0. The lowest BCUT2D eigenvalue weighted by molar-refractivity contribution is 0.603. The molecule has 0 saturated carbocycles. The van der Waals surface area contributed by atoms with Crippen molar-refractivity contribution < 1.29 is 4.42 Å². The summed E-state index contributed by atoms with van der Waals surface area (Å²) in [7, 11) is 0. The highest BCUT2D eigenvalue weighted by atomic mass is 16.3. The van der Waals surface area contributed by atoms with Gasteiger partial charge in [-0.25, -0.2) is 9.97 Å². The fraction of sp³-hybridized carbons (Fsp3) is 0. The standard InChI is InChI=1S/C15H8N2O2/c18-13-6-5-9-3-4-10-8-12-11(2-1-7-19-12)16-15(10)14(9)17-13/h1-8H. The molecular weight excluding hydrogens is 240 g/mol. The molecule has 4 rings (SSSR count). The van der Waals surface area contributed by atoms with Gasteiger partial charge in [0, 0.05) is 16.8 Å². The molecule has 0 atom stereocenters. The number of hydrogen-bond acceptors (Lipinski definition) is 4. The van der Waals surface area contributed by atoms with E-state index in [0.717, 1.165) is 21.8 Å². The normalized spacial score (nSPS) is 11.4. The van der Waals surface area contributed by atoms with Crippen molar-refractivity contribution in [2.75, 3.05) is 0 Å². The van der Waals surface area contributed by atoms with Crippen LogP contribution in [-0.4, -0.2) is 9.97 Å². The largest absolute Gasteiger partial charge is 0.463 e. The lowest BCUT2D eigenvalue weighted by Gasteiger charge is -2.03. The predicted octanol–water partition coefficient (Wildman–Crippen LogP) is 2.89. The number of hydrogen-bond donors (Lipinski definition) is 0. The maximum atomic E-state index is 11.4. The van der Waals surface area contributed by atoms with Gasteiger partial charge < -0.3 is 4.42 Å². The van der Waals surface area contributed by atoms with Gasteiger partial charge in [0.2, 0.25) is 0 Å². The molecule has 0 amide bonds. The molecule has 0 spiro atoms. The molecule has 4 heteroatoms. The van der Waals surface area contributed by atoms with Gasteiger partial charge in [0.25, 0.3) is 5.56 Å². The smallest absolute Gasteiger partial charge is 0.270 e. The second kappa shape index (κ2) is 3.62. The molecule has 90 valence electrons. The SMILES string of the molecule is O=c1ccc2ccc3cc4occcc4nc3c2n1. The Morgan fingerprint density at radius 3 is 2.63 bits per heavy atom. The van der Waals surface area contributed by atoms with Gasteiger partial charge >= 0.3 is 0 Å². The molecule has 4 aromatic rings. The fourth-order valence-corrected chi connectivity index (χ4v) is 2.25. The van der Waals surface area contributed by atoms with Crippen molar-refractivity contribution in [2.24, 2.45) is 0 Å². The zero-order chi connectivity index (χ0) is 12.8. The molecule has 0 unspecified atom stereocenters. The maximum Gasteiger partial charge on any atom is 0.270 e. The van der Waals surface area contributed by atoms with E-state index in [-0.39, 0.29) is 5.56 Å². The quantitative estimate of drug-likeness (QED) is 0.354. The van der Waals surface area contributed by atoms with Gasteiger partial charge in [-0.3, -0.25) is 4.79 Å². The van der Waals surface area contributed by atoms with Crippen LogP contribution in [-0.2, 0) is 0 Å². The number of rotatable bonds is 0. The minimum absolute atomic E-state index is 0.250. The Labute approximate surface area is 107 Å². The Balaban J connectivity index is 2.28.